The molecule has 0 spiro atoms. The summed E-state index contributed by atoms with van der Waals surface area (Å²) in [6.07, 6.45) is -0.105. The highest BCUT2D eigenvalue weighted by Gasteiger charge is 2.13. The lowest BCUT2D eigenvalue weighted by molar-refractivity contribution is -0.136. The van der Waals surface area contributed by atoms with Crippen molar-refractivity contribution in [2.45, 2.75) is 6.42 Å². The second-order valence-corrected chi connectivity index (χ2v) is 5.73. The highest BCUT2D eigenvalue weighted by atomic mass is 79.9. The molecule has 0 heterocycles. The molecule has 0 radical (unpaired) electrons. The maximum absolute atomic E-state index is 11.0. The third-order valence-corrected chi connectivity index (χ3v) is 4.04. The van der Waals surface area contributed by atoms with E-state index in [4.69, 9.17) is 28.3 Å². The summed E-state index contributed by atoms with van der Waals surface area (Å²) >= 11 is 15.6. The molecule has 0 aliphatic rings. The number of anilines is 2. The number of carboxylic acid groups (broad SMARTS) is 1. The summed E-state index contributed by atoms with van der Waals surface area (Å²) in [5.74, 6) is -0.912. The Hall–Kier alpha value is -1.23. The standard InChI is InChI=1S/C14H10BrCl2NO2/c15-9-3-1-6-12(8(9)7-13(19)20)18-14-10(16)4-2-5-11(14)17/h1-6,18H,7H2,(H,19,20). The van der Waals surface area contributed by atoms with Gasteiger partial charge in [-0.2, -0.15) is 0 Å². The second-order valence-electron chi connectivity index (χ2n) is 4.06. The molecule has 2 aromatic rings. The lowest BCUT2D eigenvalue weighted by Crippen LogP contribution is -2.05. The number of nitrogens with one attached hydrogen (secondary N) is 1. The van der Waals surface area contributed by atoms with E-state index in [1.165, 1.54) is 0 Å². The van der Waals surface area contributed by atoms with Crippen molar-refractivity contribution in [3.8, 4) is 0 Å². The topological polar surface area (TPSA) is 49.3 Å². The SMILES string of the molecule is O=C(O)Cc1c(Br)cccc1Nc1c(Cl)cccc1Cl. The van der Waals surface area contributed by atoms with Crippen molar-refractivity contribution < 1.29 is 9.90 Å². The highest BCUT2D eigenvalue weighted by Crippen LogP contribution is 2.35. The fraction of sp³-hybridized carbons (Fsp3) is 0.0714. The summed E-state index contributed by atoms with van der Waals surface area (Å²) in [5.41, 5.74) is 1.84. The molecule has 0 aliphatic heterocycles. The molecular weight excluding hydrogens is 365 g/mol. The van der Waals surface area contributed by atoms with Gasteiger partial charge in [-0.15, -0.1) is 0 Å². The van der Waals surface area contributed by atoms with Gasteiger partial charge in [0, 0.05) is 15.7 Å². The number of hydrogen-bond donors (Lipinski definition) is 2. The van der Waals surface area contributed by atoms with E-state index in [-0.39, 0.29) is 6.42 Å². The minimum atomic E-state index is -0.912. The normalized spacial score (nSPS) is 10.3. The van der Waals surface area contributed by atoms with E-state index in [0.717, 1.165) is 0 Å². The van der Waals surface area contributed by atoms with Gasteiger partial charge in [-0.25, -0.2) is 0 Å². The van der Waals surface area contributed by atoms with Crippen LogP contribution in [0.2, 0.25) is 10.0 Å². The molecule has 0 aliphatic carbocycles. The fourth-order valence-corrected chi connectivity index (χ4v) is 2.76. The lowest BCUT2D eigenvalue weighted by Gasteiger charge is -2.14. The van der Waals surface area contributed by atoms with Gasteiger partial charge in [-0.1, -0.05) is 51.3 Å². The predicted molar refractivity (Wildman–Crippen MR) is 85.2 cm³/mol. The quantitative estimate of drug-likeness (QED) is 0.780. The molecule has 0 saturated heterocycles. The van der Waals surface area contributed by atoms with Crippen LogP contribution in [0.25, 0.3) is 0 Å². The van der Waals surface area contributed by atoms with Crippen LogP contribution in [0.1, 0.15) is 5.56 Å². The van der Waals surface area contributed by atoms with Crippen molar-refractivity contribution in [3.05, 3.63) is 56.5 Å². The fourth-order valence-electron chi connectivity index (χ4n) is 1.76. The van der Waals surface area contributed by atoms with Crippen LogP contribution in [0, 0.1) is 0 Å². The van der Waals surface area contributed by atoms with Crippen LogP contribution in [0.15, 0.2) is 40.9 Å². The van der Waals surface area contributed by atoms with Gasteiger partial charge in [0.25, 0.3) is 0 Å². The molecule has 3 nitrogen and oxygen atoms in total. The smallest absolute Gasteiger partial charge is 0.307 e. The number of rotatable bonds is 4. The Balaban J connectivity index is 2.43. The van der Waals surface area contributed by atoms with Crippen molar-refractivity contribution in [2.75, 3.05) is 5.32 Å². The molecule has 2 N–H and O–H groups in total. The molecule has 0 amide bonds. The maximum atomic E-state index is 11.0. The Morgan fingerprint density at radius 2 is 1.75 bits per heavy atom. The number of para-hydroxylation sites is 1. The first kappa shape index (κ1) is 15.2. The summed E-state index contributed by atoms with van der Waals surface area (Å²) in [4.78, 5) is 11.0. The third kappa shape index (κ3) is 3.45. The zero-order valence-corrected chi connectivity index (χ0v) is 13.3. The highest BCUT2D eigenvalue weighted by molar-refractivity contribution is 9.10. The van der Waals surface area contributed by atoms with E-state index in [1.54, 1.807) is 30.3 Å². The summed E-state index contributed by atoms with van der Waals surface area (Å²) < 4.78 is 0.716. The Morgan fingerprint density at radius 3 is 2.35 bits per heavy atom. The van der Waals surface area contributed by atoms with Crippen LogP contribution in [0.5, 0.6) is 0 Å². The third-order valence-electron chi connectivity index (χ3n) is 2.67. The number of aliphatic carboxylic acids is 1. The second kappa shape index (κ2) is 6.48. The molecule has 0 unspecified atom stereocenters. The van der Waals surface area contributed by atoms with E-state index in [9.17, 15) is 4.79 Å². The number of benzene rings is 2. The van der Waals surface area contributed by atoms with Gasteiger partial charge in [-0.05, 0) is 24.3 Å². The first-order chi connectivity index (χ1) is 9.49. The molecule has 104 valence electrons. The largest absolute Gasteiger partial charge is 0.481 e. The van der Waals surface area contributed by atoms with Crippen molar-refractivity contribution >= 4 is 56.5 Å². The van der Waals surface area contributed by atoms with Crippen molar-refractivity contribution in [1.29, 1.82) is 0 Å². The Morgan fingerprint density at radius 1 is 1.15 bits per heavy atom. The van der Waals surface area contributed by atoms with Crippen molar-refractivity contribution in [3.63, 3.8) is 0 Å². The molecule has 0 bridgehead atoms. The monoisotopic (exact) mass is 373 g/mol. The molecule has 0 atom stereocenters. The van der Waals surface area contributed by atoms with Gasteiger partial charge in [0.15, 0.2) is 0 Å². The van der Waals surface area contributed by atoms with Gasteiger partial charge < -0.3 is 10.4 Å². The van der Waals surface area contributed by atoms with Crippen LogP contribution in [0.4, 0.5) is 11.4 Å². The first-order valence-corrected chi connectivity index (χ1v) is 7.24. The first-order valence-electron chi connectivity index (χ1n) is 5.69. The minimum absolute atomic E-state index is 0.105. The lowest BCUT2D eigenvalue weighted by atomic mass is 10.1. The summed E-state index contributed by atoms with van der Waals surface area (Å²) in [5, 5.41) is 13.0. The predicted octanol–water partition coefficient (Wildman–Crippen LogP) is 5.13. The van der Waals surface area contributed by atoms with E-state index in [2.05, 4.69) is 21.2 Å². The molecule has 0 saturated carbocycles. The molecule has 20 heavy (non-hydrogen) atoms. The molecule has 0 fully saturated rings. The number of carbonyl (C=O) groups is 1. The number of carboxylic acids is 1. The maximum Gasteiger partial charge on any atom is 0.307 e. The molecule has 0 aromatic heterocycles. The summed E-state index contributed by atoms with van der Waals surface area (Å²) in [6, 6.07) is 10.5. The Kier molecular flexibility index (Phi) is 4.91. The molecule has 2 aromatic carbocycles. The summed E-state index contributed by atoms with van der Waals surface area (Å²) in [6.45, 7) is 0. The van der Waals surface area contributed by atoms with E-state index < -0.39 is 5.97 Å². The molecule has 6 heteroatoms. The van der Waals surface area contributed by atoms with Crippen molar-refractivity contribution in [2.24, 2.45) is 0 Å². The zero-order chi connectivity index (χ0) is 14.7. The van der Waals surface area contributed by atoms with Crippen molar-refractivity contribution in [1.82, 2.24) is 0 Å². The zero-order valence-electron chi connectivity index (χ0n) is 10.2. The minimum Gasteiger partial charge on any atom is -0.481 e. The van der Waals surface area contributed by atoms with Gasteiger partial charge in [0.2, 0.25) is 0 Å². The van der Waals surface area contributed by atoms with Crippen LogP contribution >= 0.6 is 39.1 Å². The molecule has 2 rings (SSSR count). The summed E-state index contributed by atoms with van der Waals surface area (Å²) in [7, 11) is 0. The van der Waals surface area contributed by atoms with E-state index in [1.807, 2.05) is 6.07 Å². The van der Waals surface area contributed by atoms with Gasteiger partial charge in [0.1, 0.15) is 0 Å². The number of halogens is 3. The van der Waals surface area contributed by atoms with Crippen LogP contribution in [-0.4, -0.2) is 11.1 Å². The number of hydrogen-bond acceptors (Lipinski definition) is 2. The average molecular weight is 375 g/mol. The van der Waals surface area contributed by atoms with Gasteiger partial charge in [-0.3, -0.25) is 4.79 Å². The van der Waals surface area contributed by atoms with E-state index >= 15 is 0 Å². The Bertz CT molecular complexity index is 641. The van der Waals surface area contributed by atoms with E-state index in [0.29, 0.717) is 31.5 Å². The van der Waals surface area contributed by atoms with Crippen LogP contribution in [-0.2, 0) is 11.2 Å². The Labute approximate surface area is 134 Å². The van der Waals surface area contributed by atoms with Gasteiger partial charge in [0.05, 0.1) is 22.2 Å². The van der Waals surface area contributed by atoms with Crippen LogP contribution in [0.3, 0.4) is 0 Å². The molecular formula is C14H10BrCl2NO2. The van der Waals surface area contributed by atoms with Crippen LogP contribution < -0.4 is 5.32 Å². The average Bonchev–Trinajstić information content (AvgIpc) is 2.37. The van der Waals surface area contributed by atoms with Gasteiger partial charge >= 0.3 is 5.97 Å².